The monoisotopic (exact) mass is 352 g/mol. The first-order valence-corrected chi connectivity index (χ1v) is 8.69. The fourth-order valence-electron chi connectivity index (χ4n) is 3.37. The molecule has 4 rings (SSSR count). The minimum atomic E-state index is -0.250. The molecule has 6 heteroatoms. The van der Waals surface area contributed by atoms with Crippen LogP contribution in [0.1, 0.15) is 12.0 Å². The van der Waals surface area contributed by atoms with Gasteiger partial charge in [0, 0.05) is 29.1 Å². The molecule has 26 heavy (non-hydrogen) atoms. The fourth-order valence-corrected chi connectivity index (χ4v) is 3.37. The van der Waals surface area contributed by atoms with Gasteiger partial charge in [0.05, 0.1) is 11.8 Å². The third-order valence-electron chi connectivity index (χ3n) is 4.72. The van der Waals surface area contributed by atoms with Gasteiger partial charge in [-0.1, -0.05) is 12.1 Å². The van der Waals surface area contributed by atoms with Crippen LogP contribution < -0.4 is 16.5 Å². The Morgan fingerprint density at radius 1 is 1.31 bits per heavy atom. The fraction of sp³-hybridized carbons (Fsp3) is 0.250. The van der Waals surface area contributed by atoms with E-state index in [1.807, 2.05) is 25.1 Å². The van der Waals surface area contributed by atoms with Crippen LogP contribution >= 0.6 is 0 Å². The number of pyridine rings is 1. The zero-order valence-corrected chi connectivity index (χ0v) is 14.6. The number of nitrogen functional groups attached to an aromatic ring is 1. The van der Waals surface area contributed by atoms with Crippen molar-refractivity contribution in [3.63, 3.8) is 0 Å². The Morgan fingerprint density at radius 2 is 2.19 bits per heavy atom. The Kier molecular flexibility index (Phi) is 4.44. The third-order valence-corrected chi connectivity index (χ3v) is 4.72. The van der Waals surface area contributed by atoms with Gasteiger partial charge in [0.1, 0.15) is 11.6 Å². The lowest BCUT2D eigenvalue weighted by molar-refractivity contribution is 0.116. The van der Waals surface area contributed by atoms with Gasteiger partial charge in [0.25, 0.3) is 0 Å². The number of benzene rings is 2. The Hall–Kier alpha value is -2.70. The number of hydrogen-bond acceptors (Lipinski definition) is 5. The van der Waals surface area contributed by atoms with Crippen molar-refractivity contribution >= 4 is 22.3 Å². The molecule has 0 bridgehead atoms. The first-order chi connectivity index (χ1) is 12.6. The number of nitrogens with two attached hydrogens (primary N) is 1. The maximum absolute atomic E-state index is 14.5. The molecule has 2 aromatic carbocycles. The first-order valence-electron chi connectivity index (χ1n) is 8.69. The van der Waals surface area contributed by atoms with Crippen LogP contribution in [0.25, 0.3) is 21.9 Å². The molecule has 5 nitrogen and oxygen atoms in total. The number of aromatic nitrogens is 1. The Labute approximate surface area is 151 Å². The number of halogens is 1. The predicted molar refractivity (Wildman–Crippen MR) is 102 cm³/mol. The molecule has 1 aliphatic rings. The Morgan fingerprint density at radius 3 is 2.96 bits per heavy atom. The lowest BCUT2D eigenvalue weighted by atomic mass is 9.97. The normalized spacial score (nSPS) is 16.9. The highest BCUT2D eigenvalue weighted by molar-refractivity contribution is 5.98. The average Bonchev–Trinajstić information content (AvgIpc) is 3.13. The van der Waals surface area contributed by atoms with E-state index in [9.17, 15) is 4.39 Å². The molecule has 1 unspecified atom stereocenters. The van der Waals surface area contributed by atoms with Crippen molar-refractivity contribution in [3.05, 3.63) is 54.0 Å². The van der Waals surface area contributed by atoms with E-state index in [2.05, 4.69) is 15.8 Å². The molecule has 1 atom stereocenters. The molecule has 2 heterocycles. The van der Waals surface area contributed by atoms with Crippen LogP contribution in [0.5, 0.6) is 0 Å². The van der Waals surface area contributed by atoms with E-state index in [0.29, 0.717) is 11.4 Å². The summed E-state index contributed by atoms with van der Waals surface area (Å²) < 4.78 is 14.5. The summed E-state index contributed by atoms with van der Waals surface area (Å²) in [4.78, 5) is 9.99. The van der Waals surface area contributed by atoms with E-state index in [1.165, 1.54) is 6.07 Å². The van der Waals surface area contributed by atoms with Crippen LogP contribution in [0.2, 0.25) is 0 Å². The lowest BCUT2D eigenvalue weighted by Gasteiger charge is -2.16. The third kappa shape index (κ3) is 3.21. The minimum absolute atomic E-state index is 0.100. The predicted octanol–water partition coefficient (Wildman–Crippen LogP) is 3.64. The Balaban J connectivity index is 1.80. The van der Waals surface area contributed by atoms with Crippen molar-refractivity contribution in [2.45, 2.75) is 19.4 Å². The van der Waals surface area contributed by atoms with Gasteiger partial charge in [0.15, 0.2) is 0 Å². The summed E-state index contributed by atoms with van der Waals surface area (Å²) in [5, 5.41) is 5.02. The molecule has 4 N–H and O–H groups in total. The largest absolute Gasteiger partial charge is 0.384 e. The van der Waals surface area contributed by atoms with E-state index in [-0.39, 0.29) is 11.9 Å². The number of rotatable bonds is 4. The molecule has 1 aliphatic heterocycles. The number of anilines is 2. The summed E-state index contributed by atoms with van der Waals surface area (Å²) in [6.45, 7) is 3.65. The van der Waals surface area contributed by atoms with Crippen LogP contribution in [-0.4, -0.2) is 24.2 Å². The molecule has 1 aromatic heterocycles. The molecule has 0 radical (unpaired) electrons. The molecule has 3 aromatic rings. The smallest absolute Gasteiger partial charge is 0.131 e. The van der Waals surface area contributed by atoms with Crippen LogP contribution in [0, 0.1) is 12.7 Å². The molecule has 0 saturated carbocycles. The van der Waals surface area contributed by atoms with Gasteiger partial charge >= 0.3 is 0 Å². The van der Waals surface area contributed by atoms with Crippen molar-refractivity contribution in [3.8, 4) is 11.1 Å². The molecule has 0 spiro atoms. The molecule has 134 valence electrons. The molecular formula is C20H21FN4O. The summed E-state index contributed by atoms with van der Waals surface area (Å²) in [5.74, 6) is 0.178. The summed E-state index contributed by atoms with van der Waals surface area (Å²) in [6.07, 6.45) is 2.75. The van der Waals surface area contributed by atoms with E-state index < -0.39 is 0 Å². The standard InChI is InChI=1S/C20H21FN4O/c1-12-3-2-4-17(21)20(12)13-7-14-10-24-19(22)9-16(14)18(8-13)25-26-15-5-6-23-11-15/h2-4,7-10,15,23,25H,5-6,11H2,1H3,(H2,22,24). The van der Waals surface area contributed by atoms with Gasteiger partial charge in [-0.25, -0.2) is 9.37 Å². The SMILES string of the molecule is Cc1cccc(F)c1-c1cc(NOC2CCNC2)c2cc(N)ncc2c1. The van der Waals surface area contributed by atoms with Crippen molar-refractivity contribution < 1.29 is 9.23 Å². The van der Waals surface area contributed by atoms with Gasteiger partial charge in [0.2, 0.25) is 0 Å². The van der Waals surface area contributed by atoms with Crippen LogP contribution in [-0.2, 0) is 4.84 Å². The first kappa shape index (κ1) is 16.8. The summed E-state index contributed by atoms with van der Waals surface area (Å²) in [6, 6.07) is 10.7. The second-order valence-electron chi connectivity index (χ2n) is 6.62. The van der Waals surface area contributed by atoms with Gasteiger partial charge in [-0.2, -0.15) is 0 Å². The zero-order chi connectivity index (χ0) is 18.1. The van der Waals surface area contributed by atoms with Gasteiger partial charge in [-0.05, 0) is 55.3 Å². The number of fused-ring (bicyclic) bond motifs is 1. The van der Waals surface area contributed by atoms with E-state index in [0.717, 1.165) is 47.1 Å². The van der Waals surface area contributed by atoms with Crippen LogP contribution in [0.3, 0.4) is 0 Å². The summed E-state index contributed by atoms with van der Waals surface area (Å²) in [7, 11) is 0. The van der Waals surface area contributed by atoms with Crippen molar-refractivity contribution in [2.75, 3.05) is 24.3 Å². The van der Waals surface area contributed by atoms with E-state index in [1.54, 1.807) is 18.3 Å². The van der Waals surface area contributed by atoms with Gasteiger partial charge < -0.3 is 11.1 Å². The van der Waals surface area contributed by atoms with E-state index in [4.69, 9.17) is 10.6 Å². The second-order valence-corrected chi connectivity index (χ2v) is 6.62. The number of aryl methyl sites for hydroxylation is 1. The lowest BCUT2D eigenvalue weighted by Crippen LogP contribution is -2.20. The zero-order valence-electron chi connectivity index (χ0n) is 14.6. The summed E-state index contributed by atoms with van der Waals surface area (Å²) in [5.41, 5.74) is 11.9. The maximum Gasteiger partial charge on any atom is 0.131 e. The second kappa shape index (κ2) is 6.90. The minimum Gasteiger partial charge on any atom is -0.384 e. The number of hydrogen-bond donors (Lipinski definition) is 3. The van der Waals surface area contributed by atoms with Crippen molar-refractivity contribution in [2.24, 2.45) is 0 Å². The molecular weight excluding hydrogens is 331 g/mol. The molecule has 0 aliphatic carbocycles. The highest BCUT2D eigenvalue weighted by Gasteiger charge is 2.17. The quantitative estimate of drug-likeness (QED) is 0.625. The topological polar surface area (TPSA) is 72.2 Å². The number of nitrogens with zero attached hydrogens (tertiary/aromatic N) is 1. The maximum atomic E-state index is 14.5. The Bertz CT molecular complexity index is 934. The van der Waals surface area contributed by atoms with Crippen molar-refractivity contribution in [1.29, 1.82) is 0 Å². The highest BCUT2D eigenvalue weighted by atomic mass is 19.1. The average molecular weight is 352 g/mol. The summed E-state index contributed by atoms with van der Waals surface area (Å²) >= 11 is 0. The van der Waals surface area contributed by atoms with Gasteiger partial charge in [-0.15, -0.1) is 0 Å². The highest BCUT2D eigenvalue weighted by Crippen LogP contribution is 2.34. The van der Waals surface area contributed by atoms with Crippen LogP contribution in [0.4, 0.5) is 15.9 Å². The molecule has 1 fully saturated rings. The van der Waals surface area contributed by atoms with E-state index >= 15 is 0 Å². The van der Waals surface area contributed by atoms with Crippen molar-refractivity contribution in [1.82, 2.24) is 10.3 Å². The van der Waals surface area contributed by atoms with Crippen LogP contribution in [0.15, 0.2) is 42.6 Å². The molecule has 1 saturated heterocycles. The number of nitrogens with one attached hydrogen (secondary N) is 2. The van der Waals surface area contributed by atoms with Gasteiger partial charge in [-0.3, -0.25) is 10.3 Å². The molecule has 0 amide bonds.